The molecular formula is C26H35NO2Si. The highest BCUT2D eigenvalue weighted by Crippen LogP contribution is 2.52. The van der Waals surface area contributed by atoms with Crippen LogP contribution in [0.2, 0.25) is 19.6 Å². The molecule has 0 aromatic heterocycles. The van der Waals surface area contributed by atoms with E-state index in [0.717, 1.165) is 18.6 Å². The first-order valence-corrected chi connectivity index (χ1v) is 14.6. The Bertz CT molecular complexity index is 901. The SMILES string of the molecule is COc1ccc([C@@H]2CC(O[Si](C)(C)C)=C3CCCC[C@]3(C)N2c2ccccc2)cc1. The second-order valence-electron chi connectivity index (χ2n) is 9.80. The molecule has 1 aliphatic carbocycles. The summed E-state index contributed by atoms with van der Waals surface area (Å²) in [6.45, 7) is 9.34. The average molecular weight is 422 g/mol. The van der Waals surface area contributed by atoms with E-state index in [-0.39, 0.29) is 11.6 Å². The van der Waals surface area contributed by atoms with Crippen LogP contribution in [-0.2, 0) is 4.43 Å². The van der Waals surface area contributed by atoms with Gasteiger partial charge in [0.1, 0.15) is 5.75 Å². The van der Waals surface area contributed by atoms with Gasteiger partial charge in [-0.3, -0.25) is 0 Å². The molecule has 4 heteroatoms. The normalized spacial score (nSPS) is 24.4. The van der Waals surface area contributed by atoms with Crippen LogP contribution in [0.3, 0.4) is 0 Å². The second-order valence-corrected chi connectivity index (χ2v) is 14.2. The highest BCUT2D eigenvalue weighted by atomic mass is 28.4. The van der Waals surface area contributed by atoms with Crippen molar-refractivity contribution < 1.29 is 9.16 Å². The topological polar surface area (TPSA) is 21.7 Å². The average Bonchev–Trinajstić information content (AvgIpc) is 2.72. The number of anilines is 1. The zero-order valence-corrected chi connectivity index (χ0v) is 20.1. The Hall–Kier alpha value is -2.20. The number of methoxy groups -OCH3 is 1. The number of fused-ring (bicyclic) bond motifs is 1. The van der Waals surface area contributed by atoms with Gasteiger partial charge in [0.15, 0.2) is 0 Å². The lowest BCUT2D eigenvalue weighted by atomic mass is 9.71. The standard InChI is InChI=1S/C26H35NO2Si/c1-26-18-10-9-13-23(26)25(29-30(3,4)5)19-24(20-14-16-22(28-2)17-15-20)27(26)21-11-7-6-8-12-21/h6-8,11-12,14-17,24H,9-10,13,18-19H2,1-5H3/t24-,26-/m0/s1. The first-order chi connectivity index (χ1) is 14.3. The molecule has 4 rings (SSSR count). The van der Waals surface area contributed by atoms with Gasteiger partial charge in [-0.2, -0.15) is 0 Å². The van der Waals surface area contributed by atoms with Gasteiger partial charge in [-0.25, -0.2) is 0 Å². The number of hydrogen-bond donors (Lipinski definition) is 0. The Morgan fingerprint density at radius 1 is 0.967 bits per heavy atom. The molecule has 0 saturated heterocycles. The Balaban J connectivity index is 1.87. The van der Waals surface area contributed by atoms with E-state index in [0.29, 0.717) is 0 Å². The minimum absolute atomic E-state index is 0.0164. The van der Waals surface area contributed by atoms with E-state index in [1.54, 1.807) is 7.11 Å². The Morgan fingerprint density at radius 3 is 2.30 bits per heavy atom. The molecule has 1 saturated carbocycles. The van der Waals surface area contributed by atoms with Gasteiger partial charge in [-0.15, -0.1) is 0 Å². The fourth-order valence-corrected chi connectivity index (χ4v) is 6.20. The van der Waals surface area contributed by atoms with Crippen molar-refractivity contribution in [3.05, 3.63) is 71.5 Å². The molecule has 2 aromatic rings. The van der Waals surface area contributed by atoms with Gasteiger partial charge in [0, 0.05) is 12.1 Å². The third kappa shape index (κ3) is 4.02. The molecule has 1 heterocycles. The molecule has 0 radical (unpaired) electrons. The van der Waals surface area contributed by atoms with Crippen LogP contribution in [0.1, 0.15) is 50.6 Å². The largest absolute Gasteiger partial charge is 0.547 e. The summed E-state index contributed by atoms with van der Waals surface area (Å²) < 4.78 is 12.2. The van der Waals surface area contributed by atoms with E-state index in [4.69, 9.17) is 9.16 Å². The maximum Gasteiger partial charge on any atom is 0.241 e. The van der Waals surface area contributed by atoms with E-state index < -0.39 is 8.32 Å². The fraction of sp³-hybridized carbons (Fsp3) is 0.462. The molecule has 0 bridgehead atoms. The molecule has 2 aliphatic rings. The quantitative estimate of drug-likeness (QED) is 0.481. The lowest BCUT2D eigenvalue weighted by Gasteiger charge is -2.55. The molecule has 160 valence electrons. The summed E-state index contributed by atoms with van der Waals surface area (Å²) in [7, 11) is 0.0292. The third-order valence-corrected chi connectivity index (χ3v) is 7.37. The number of rotatable bonds is 5. The van der Waals surface area contributed by atoms with Gasteiger partial charge >= 0.3 is 0 Å². The Morgan fingerprint density at radius 2 is 1.67 bits per heavy atom. The monoisotopic (exact) mass is 421 g/mol. The Labute approximate surface area is 182 Å². The highest BCUT2D eigenvalue weighted by Gasteiger charge is 2.47. The summed E-state index contributed by atoms with van der Waals surface area (Å²) >= 11 is 0. The summed E-state index contributed by atoms with van der Waals surface area (Å²) in [5, 5.41) is 0. The van der Waals surface area contributed by atoms with Gasteiger partial charge in [0.25, 0.3) is 0 Å². The van der Waals surface area contributed by atoms with Gasteiger partial charge in [0.2, 0.25) is 8.32 Å². The third-order valence-electron chi connectivity index (χ3n) is 6.51. The number of ether oxygens (including phenoxy) is 1. The number of hydrogen-bond acceptors (Lipinski definition) is 3. The van der Waals surface area contributed by atoms with E-state index >= 15 is 0 Å². The van der Waals surface area contributed by atoms with Crippen LogP contribution >= 0.6 is 0 Å². The van der Waals surface area contributed by atoms with Crippen molar-refractivity contribution in [2.45, 2.75) is 70.2 Å². The zero-order chi connectivity index (χ0) is 21.4. The Kier molecular flexibility index (Phi) is 5.71. The van der Waals surface area contributed by atoms with E-state index in [9.17, 15) is 0 Å². The predicted octanol–water partition coefficient (Wildman–Crippen LogP) is 7.08. The molecule has 0 unspecified atom stereocenters. The molecule has 1 fully saturated rings. The summed E-state index contributed by atoms with van der Waals surface area (Å²) in [5.74, 6) is 2.17. The molecular weight excluding hydrogens is 386 g/mol. The van der Waals surface area contributed by atoms with E-state index in [2.05, 4.69) is 86.1 Å². The first-order valence-electron chi connectivity index (χ1n) is 11.2. The van der Waals surface area contributed by atoms with E-state index in [1.165, 1.54) is 41.8 Å². The smallest absolute Gasteiger partial charge is 0.241 e. The van der Waals surface area contributed by atoms with Crippen LogP contribution in [0.25, 0.3) is 0 Å². The van der Waals surface area contributed by atoms with Crippen molar-refractivity contribution in [1.82, 2.24) is 0 Å². The molecule has 30 heavy (non-hydrogen) atoms. The number of benzene rings is 2. The number of para-hydroxylation sites is 1. The van der Waals surface area contributed by atoms with E-state index in [1.807, 2.05) is 0 Å². The van der Waals surface area contributed by atoms with Crippen molar-refractivity contribution in [1.29, 1.82) is 0 Å². The van der Waals surface area contributed by atoms with Crippen LogP contribution in [0.4, 0.5) is 5.69 Å². The van der Waals surface area contributed by atoms with Crippen molar-refractivity contribution >= 4 is 14.0 Å². The maximum absolute atomic E-state index is 6.76. The second kappa shape index (κ2) is 8.14. The summed E-state index contributed by atoms with van der Waals surface area (Å²) in [6.07, 6.45) is 5.77. The summed E-state index contributed by atoms with van der Waals surface area (Å²) in [5.41, 5.74) is 4.14. The number of nitrogens with zero attached hydrogens (tertiary/aromatic N) is 1. The summed E-state index contributed by atoms with van der Waals surface area (Å²) in [4.78, 5) is 2.68. The fourth-order valence-electron chi connectivity index (χ4n) is 5.25. The van der Waals surface area contributed by atoms with Gasteiger partial charge in [0.05, 0.1) is 24.4 Å². The zero-order valence-electron chi connectivity index (χ0n) is 19.1. The molecule has 0 spiro atoms. The first kappa shape index (κ1) is 21.0. The van der Waals surface area contributed by atoms with Crippen molar-refractivity contribution in [3.8, 4) is 5.75 Å². The summed E-state index contributed by atoms with van der Waals surface area (Å²) in [6, 6.07) is 19.8. The molecule has 3 nitrogen and oxygen atoms in total. The van der Waals surface area contributed by atoms with Gasteiger partial charge in [-0.05, 0) is 81.2 Å². The van der Waals surface area contributed by atoms with Crippen molar-refractivity contribution in [2.75, 3.05) is 12.0 Å². The highest BCUT2D eigenvalue weighted by molar-refractivity contribution is 6.70. The van der Waals surface area contributed by atoms with Gasteiger partial charge in [-0.1, -0.05) is 36.8 Å². The molecule has 1 aliphatic heterocycles. The van der Waals surface area contributed by atoms with Crippen LogP contribution in [0, 0.1) is 0 Å². The van der Waals surface area contributed by atoms with Crippen LogP contribution in [0.5, 0.6) is 5.75 Å². The molecule has 2 aromatic carbocycles. The maximum atomic E-state index is 6.76. The predicted molar refractivity (Wildman–Crippen MR) is 128 cm³/mol. The minimum atomic E-state index is -1.70. The van der Waals surface area contributed by atoms with Crippen molar-refractivity contribution in [3.63, 3.8) is 0 Å². The molecule has 2 atom stereocenters. The lowest BCUT2D eigenvalue weighted by Crippen LogP contribution is -2.55. The van der Waals surface area contributed by atoms with Crippen LogP contribution in [0.15, 0.2) is 65.9 Å². The van der Waals surface area contributed by atoms with Crippen LogP contribution < -0.4 is 9.64 Å². The van der Waals surface area contributed by atoms with Crippen LogP contribution in [-0.4, -0.2) is 21.0 Å². The van der Waals surface area contributed by atoms with Crippen molar-refractivity contribution in [2.24, 2.45) is 0 Å². The van der Waals surface area contributed by atoms with Gasteiger partial charge < -0.3 is 14.1 Å². The molecule has 0 amide bonds. The lowest BCUT2D eigenvalue weighted by molar-refractivity contribution is 0.268. The minimum Gasteiger partial charge on any atom is -0.547 e. The molecule has 0 N–H and O–H groups in total.